The summed E-state index contributed by atoms with van der Waals surface area (Å²) in [5, 5.41) is 6.12. The number of hydrogen-bond donors (Lipinski definition) is 1. The van der Waals surface area contributed by atoms with Crippen molar-refractivity contribution in [3.05, 3.63) is 22.4 Å². The standard InChI is InChI=1S/C11H18N2S2/c1-4-12-11(14)13(3)9(2)8-10-6-5-7-15-10/h5-7,9H,4,8H2,1-3H3,(H,12,14). The molecule has 1 atom stereocenters. The molecule has 1 unspecified atom stereocenters. The highest BCUT2D eigenvalue weighted by molar-refractivity contribution is 7.80. The Labute approximate surface area is 101 Å². The van der Waals surface area contributed by atoms with Crippen LogP contribution in [-0.4, -0.2) is 29.6 Å². The van der Waals surface area contributed by atoms with Crippen LogP contribution in [0.3, 0.4) is 0 Å². The smallest absolute Gasteiger partial charge is 0.168 e. The third kappa shape index (κ3) is 3.80. The Morgan fingerprint density at radius 3 is 2.93 bits per heavy atom. The second-order valence-corrected chi connectivity index (χ2v) is 5.00. The van der Waals surface area contributed by atoms with Crippen LogP contribution in [0.15, 0.2) is 17.5 Å². The molecule has 0 amide bonds. The Kier molecular flexibility index (Phi) is 5.05. The zero-order chi connectivity index (χ0) is 11.3. The monoisotopic (exact) mass is 242 g/mol. The van der Waals surface area contributed by atoms with Crippen molar-refractivity contribution in [1.29, 1.82) is 0 Å². The van der Waals surface area contributed by atoms with E-state index in [2.05, 4.69) is 41.6 Å². The highest BCUT2D eigenvalue weighted by atomic mass is 32.1. The third-order valence-corrected chi connectivity index (χ3v) is 3.72. The van der Waals surface area contributed by atoms with Crippen LogP contribution in [0, 0.1) is 0 Å². The lowest BCUT2D eigenvalue weighted by Crippen LogP contribution is -2.42. The third-order valence-electron chi connectivity index (χ3n) is 2.39. The van der Waals surface area contributed by atoms with Crippen LogP contribution >= 0.6 is 23.6 Å². The van der Waals surface area contributed by atoms with E-state index in [9.17, 15) is 0 Å². The zero-order valence-corrected chi connectivity index (χ0v) is 11.1. The molecule has 0 aliphatic carbocycles. The molecule has 1 heterocycles. The molecule has 0 fully saturated rings. The summed E-state index contributed by atoms with van der Waals surface area (Å²) in [5.74, 6) is 0. The number of thiocarbonyl (C=S) groups is 1. The van der Waals surface area contributed by atoms with E-state index in [1.165, 1.54) is 4.88 Å². The fraction of sp³-hybridized carbons (Fsp3) is 0.545. The molecule has 0 aliphatic rings. The van der Waals surface area contributed by atoms with E-state index in [1.54, 1.807) is 11.3 Å². The molecule has 1 N–H and O–H groups in total. The molecule has 0 spiro atoms. The minimum absolute atomic E-state index is 0.440. The maximum absolute atomic E-state index is 5.27. The summed E-state index contributed by atoms with van der Waals surface area (Å²) in [5.41, 5.74) is 0. The van der Waals surface area contributed by atoms with Gasteiger partial charge in [-0.1, -0.05) is 6.07 Å². The van der Waals surface area contributed by atoms with Crippen LogP contribution < -0.4 is 5.32 Å². The van der Waals surface area contributed by atoms with Crippen LogP contribution in [0.5, 0.6) is 0 Å². The van der Waals surface area contributed by atoms with Crippen LogP contribution in [0.2, 0.25) is 0 Å². The molecule has 0 aromatic carbocycles. The first-order valence-electron chi connectivity index (χ1n) is 5.18. The lowest BCUT2D eigenvalue weighted by atomic mass is 10.2. The van der Waals surface area contributed by atoms with Crippen LogP contribution in [0.25, 0.3) is 0 Å². The molecule has 4 heteroatoms. The van der Waals surface area contributed by atoms with E-state index in [-0.39, 0.29) is 0 Å². The van der Waals surface area contributed by atoms with Crippen molar-refractivity contribution in [3.63, 3.8) is 0 Å². The average Bonchev–Trinajstić information content (AvgIpc) is 2.69. The molecule has 2 nitrogen and oxygen atoms in total. The van der Waals surface area contributed by atoms with Gasteiger partial charge in [-0.05, 0) is 37.5 Å². The summed E-state index contributed by atoms with van der Waals surface area (Å²) in [4.78, 5) is 3.53. The van der Waals surface area contributed by atoms with Gasteiger partial charge < -0.3 is 10.2 Å². The van der Waals surface area contributed by atoms with Crippen molar-refractivity contribution in [2.24, 2.45) is 0 Å². The Balaban J connectivity index is 2.46. The van der Waals surface area contributed by atoms with E-state index in [4.69, 9.17) is 12.2 Å². The fourth-order valence-electron chi connectivity index (χ4n) is 1.33. The molecular weight excluding hydrogens is 224 g/mol. The minimum Gasteiger partial charge on any atom is -0.363 e. The maximum atomic E-state index is 5.27. The SMILES string of the molecule is CCNC(=S)N(C)C(C)Cc1cccs1. The highest BCUT2D eigenvalue weighted by Gasteiger charge is 2.12. The largest absolute Gasteiger partial charge is 0.363 e. The Bertz CT molecular complexity index is 296. The van der Waals surface area contributed by atoms with Gasteiger partial charge in [0.25, 0.3) is 0 Å². The van der Waals surface area contributed by atoms with Crippen molar-refractivity contribution < 1.29 is 0 Å². The molecule has 84 valence electrons. The number of likely N-dealkylation sites (N-methyl/N-ethyl adjacent to an activating group) is 1. The molecule has 1 rings (SSSR count). The number of rotatable bonds is 4. The fourth-order valence-corrected chi connectivity index (χ4v) is 2.48. The molecule has 0 bridgehead atoms. The summed E-state index contributed by atoms with van der Waals surface area (Å²) in [7, 11) is 2.04. The van der Waals surface area contributed by atoms with E-state index in [1.807, 2.05) is 7.05 Å². The Morgan fingerprint density at radius 1 is 1.67 bits per heavy atom. The Morgan fingerprint density at radius 2 is 2.40 bits per heavy atom. The predicted molar refractivity (Wildman–Crippen MR) is 71.5 cm³/mol. The first-order valence-corrected chi connectivity index (χ1v) is 6.47. The van der Waals surface area contributed by atoms with Gasteiger partial charge in [-0.3, -0.25) is 0 Å². The predicted octanol–water partition coefficient (Wildman–Crippen LogP) is 2.51. The molecule has 0 saturated carbocycles. The van der Waals surface area contributed by atoms with Gasteiger partial charge in [-0.2, -0.15) is 0 Å². The van der Waals surface area contributed by atoms with Crippen molar-refractivity contribution in [3.8, 4) is 0 Å². The van der Waals surface area contributed by atoms with Crippen molar-refractivity contribution >= 4 is 28.7 Å². The number of thiophene rings is 1. The Hall–Kier alpha value is -0.610. The molecular formula is C11H18N2S2. The molecule has 1 aromatic rings. The first kappa shape index (κ1) is 12.5. The van der Waals surface area contributed by atoms with Crippen molar-refractivity contribution in [1.82, 2.24) is 10.2 Å². The van der Waals surface area contributed by atoms with Gasteiger partial charge in [0, 0.05) is 30.9 Å². The van der Waals surface area contributed by atoms with Crippen LogP contribution in [0.4, 0.5) is 0 Å². The number of nitrogens with one attached hydrogen (secondary N) is 1. The van der Waals surface area contributed by atoms with Gasteiger partial charge in [0.15, 0.2) is 5.11 Å². The van der Waals surface area contributed by atoms with Gasteiger partial charge in [0.2, 0.25) is 0 Å². The summed E-state index contributed by atoms with van der Waals surface area (Å²) in [6.45, 7) is 5.14. The minimum atomic E-state index is 0.440. The van der Waals surface area contributed by atoms with E-state index >= 15 is 0 Å². The van der Waals surface area contributed by atoms with Crippen molar-refractivity contribution in [2.45, 2.75) is 26.3 Å². The van der Waals surface area contributed by atoms with Crippen LogP contribution in [-0.2, 0) is 6.42 Å². The highest BCUT2D eigenvalue weighted by Crippen LogP contribution is 2.13. The van der Waals surface area contributed by atoms with Crippen LogP contribution in [0.1, 0.15) is 18.7 Å². The second kappa shape index (κ2) is 6.08. The van der Waals surface area contributed by atoms with E-state index in [0.717, 1.165) is 18.1 Å². The maximum Gasteiger partial charge on any atom is 0.168 e. The summed E-state index contributed by atoms with van der Waals surface area (Å²) >= 11 is 7.07. The lowest BCUT2D eigenvalue weighted by molar-refractivity contribution is 0.385. The number of hydrogen-bond acceptors (Lipinski definition) is 2. The molecule has 0 aliphatic heterocycles. The normalized spacial score (nSPS) is 12.2. The lowest BCUT2D eigenvalue weighted by Gasteiger charge is -2.27. The molecule has 15 heavy (non-hydrogen) atoms. The second-order valence-electron chi connectivity index (χ2n) is 3.58. The summed E-state index contributed by atoms with van der Waals surface area (Å²) in [6.07, 6.45) is 1.06. The van der Waals surface area contributed by atoms with Crippen molar-refractivity contribution in [2.75, 3.05) is 13.6 Å². The first-order chi connectivity index (χ1) is 7.15. The van der Waals surface area contributed by atoms with Gasteiger partial charge in [-0.25, -0.2) is 0 Å². The molecule has 0 saturated heterocycles. The average molecular weight is 242 g/mol. The summed E-state index contributed by atoms with van der Waals surface area (Å²) in [6, 6.07) is 4.70. The van der Waals surface area contributed by atoms with E-state index < -0.39 is 0 Å². The van der Waals surface area contributed by atoms with Gasteiger partial charge >= 0.3 is 0 Å². The van der Waals surface area contributed by atoms with Gasteiger partial charge in [0.05, 0.1) is 0 Å². The number of nitrogens with zero attached hydrogens (tertiary/aromatic N) is 1. The van der Waals surface area contributed by atoms with Gasteiger partial charge in [-0.15, -0.1) is 11.3 Å². The topological polar surface area (TPSA) is 15.3 Å². The zero-order valence-electron chi connectivity index (χ0n) is 9.49. The quantitative estimate of drug-likeness (QED) is 0.817. The summed E-state index contributed by atoms with van der Waals surface area (Å²) < 4.78 is 0. The molecule has 1 aromatic heterocycles. The van der Waals surface area contributed by atoms with E-state index in [0.29, 0.717) is 6.04 Å². The molecule has 0 radical (unpaired) electrons. The van der Waals surface area contributed by atoms with Gasteiger partial charge in [0.1, 0.15) is 0 Å².